The average molecular weight is 480 g/mol. The molecule has 0 radical (unpaired) electrons. The van der Waals surface area contributed by atoms with Gasteiger partial charge in [0.2, 0.25) is 0 Å². The highest BCUT2D eigenvalue weighted by Gasteiger charge is 2.31. The van der Waals surface area contributed by atoms with Gasteiger partial charge in [0.05, 0.1) is 43.3 Å². The van der Waals surface area contributed by atoms with E-state index in [1.54, 1.807) is 17.8 Å². The second kappa shape index (κ2) is 8.58. The van der Waals surface area contributed by atoms with Crippen LogP contribution in [-0.2, 0) is 4.74 Å². The van der Waals surface area contributed by atoms with Gasteiger partial charge in [-0.25, -0.2) is 14.4 Å². The van der Waals surface area contributed by atoms with E-state index in [-0.39, 0.29) is 24.8 Å². The monoisotopic (exact) mass is 479 g/mol. The van der Waals surface area contributed by atoms with Crippen molar-refractivity contribution >= 4 is 28.4 Å². The van der Waals surface area contributed by atoms with Gasteiger partial charge in [-0.2, -0.15) is 9.61 Å². The number of aliphatic hydroxyl groups excluding tert-OH is 1. The SMILES string of the molecule is CNc1cc(-c2cn([C@H]3CCC[C@H]3F)c3ncccc23)nc2c(C(=O)N[C@H]3COC[C@H]3O)cnn12. The Hall–Kier alpha value is -3.57. The summed E-state index contributed by atoms with van der Waals surface area (Å²) in [5, 5.41) is 21.2. The van der Waals surface area contributed by atoms with Crippen molar-refractivity contribution in [3.63, 3.8) is 0 Å². The number of pyridine rings is 1. The van der Waals surface area contributed by atoms with Crippen LogP contribution >= 0.6 is 0 Å². The molecule has 1 amide bonds. The van der Waals surface area contributed by atoms with E-state index in [1.807, 2.05) is 29.0 Å². The molecular weight excluding hydrogens is 453 g/mol. The predicted molar refractivity (Wildman–Crippen MR) is 127 cm³/mol. The van der Waals surface area contributed by atoms with Crippen molar-refractivity contribution in [3.8, 4) is 11.3 Å². The van der Waals surface area contributed by atoms with Crippen LogP contribution in [0.2, 0.25) is 0 Å². The van der Waals surface area contributed by atoms with E-state index in [1.165, 1.54) is 6.20 Å². The molecule has 182 valence electrons. The number of amides is 1. The van der Waals surface area contributed by atoms with Gasteiger partial charge in [0.15, 0.2) is 5.65 Å². The molecule has 10 nitrogen and oxygen atoms in total. The third kappa shape index (κ3) is 3.62. The lowest BCUT2D eigenvalue weighted by Crippen LogP contribution is -2.42. The fourth-order valence-corrected chi connectivity index (χ4v) is 5.11. The topological polar surface area (TPSA) is 119 Å². The number of carbonyl (C=O) groups is 1. The maximum absolute atomic E-state index is 14.7. The van der Waals surface area contributed by atoms with Crippen LogP contribution in [0.25, 0.3) is 27.9 Å². The van der Waals surface area contributed by atoms with Gasteiger partial charge in [-0.1, -0.05) is 0 Å². The Morgan fingerprint density at radius 1 is 1.29 bits per heavy atom. The van der Waals surface area contributed by atoms with Crippen molar-refractivity contribution in [3.05, 3.63) is 42.4 Å². The first-order chi connectivity index (χ1) is 17.0. The molecule has 0 bridgehead atoms. The zero-order valence-electron chi connectivity index (χ0n) is 19.2. The van der Waals surface area contributed by atoms with Crippen molar-refractivity contribution in [2.45, 2.75) is 43.6 Å². The minimum absolute atomic E-state index is 0.185. The second-order valence-corrected chi connectivity index (χ2v) is 9.09. The van der Waals surface area contributed by atoms with Crippen molar-refractivity contribution in [2.75, 3.05) is 25.6 Å². The van der Waals surface area contributed by atoms with Crippen molar-refractivity contribution in [1.82, 2.24) is 29.5 Å². The van der Waals surface area contributed by atoms with Gasteiger partial charge in [0.1, 0.15) is 23.2 Å². The fraction of sp³-hybridized carbons (Fsp3) is 0.417. The highest BCUT2D eigenvalue weighted by Crippen LogP contribution is 2.38. The number of hydrogen-bond donors (Lipinski definition) is 3. The number of rotatable bonds is 5. The summed E-state index contributed by atoms with van der Waals surface area (Å²) in [6.07, 6.45) is 5.57. The van der Waals surface area contributed by atoms with E-state index >= 15 is 0 Å². The Balaban J connectivity index is 1.47. The zero-order valence-corrected chi connectivity index (χ0v) is 19.2. The number of aromatic nitrogens is 5. The second-order valence-electron chi connectivity index (χ2n) is 9.09. The van der Waals surface area contributed by atoms with Crippen LogP contribution in [0, 0.1) is 0 Å². The molecule has 2 aliphatic rings. The first kappa shape index (κ1) is 21.9. The average Bonchev–Trinajstić information content (AvgIpc) is 3.65. The summed E-state index contributed by atoms with van der Waals surface area (Å²) in [5.74, 6) is 0.249. The maximum Gasteiger partial charge on any atom is 0.257 e. The van der Waals surface area contributed by atoms with E-state index in [2.05, 4.69) is 20.7 Å². The molecule has 1 saturated heterocycles. The summed E-state index contributed by atoms with van der Waals surface area (Å²) in [6, 6.07) is 4.90. The lowest BCUT2D eigenvalue weighted by Gasteiger charge is -2.15. The van der Waals surface area contributed by atoms with Crippen LogP contribution in [0.15, 0.2) is 36.8 Å². The summed E-state index contributed by atoms with van der Waals surface area (Å²) in [6.45, 7) is 0.431. The van der Waals surface area contributed by atoms with Gasteiger partial charge in [0, 0.05) is 36.5 Å². The van der Waals surface area contributed by atoms with Crippen molar-refractivity contribution < 1.29 is 19.0 Å². The molecule has 0 aromatic carbocycles. The molecule has 0 unspecified atom stereocenters. The first-order valence-electron chi connectivity index (χ1n) is 11.8. The van der Waals surface area contributed by atoms with Crippen molar-refractivity contribution in [2.24, 2.45) is 0 Å². The molecule has 4 atom stereocenters. The quantitative estimate of drug-likeness (QED) is 0.402. The van der Waals surface area contributed by atoms with E-state index in [9.17, 15) is 14.3 Å². The zero-order chi connectivity index (χ0) is 24.1. The molecule has 4 aromatic rings. The van der Waals surface area contributed by atoms with E-state index in [4.69, 9.17) is 9.72 Å². The van der Waals surface area contributed by atoms with Crippen molar-refractivity contribution in [1.29, 1.82) is 0 Å². The molecule has 1 saturated carbocycles. The van der Waals surface area contributed by atoms with Gasteiger partial charge in [-0.15, -0.1) is 0 Å². The summed E-state index contributed by atoms with van der Waals surface area (Å²) >= 11 is 0. The number of ether oxygens (including phenoxy) is 1. The van der Waals surface area contributed by atoms with Crippen LogP contribution in [0.4, 0.5) is 10.2 Å². The van der Waals surface area contributed by atoms with Gasteiger partial charge in [-0.05, 0) is 31.4 Å². The number of nitrogens with one attached hydrogen (secondary N) is 2. The number of nitrogens with zero attached hydrogens (tertiary/aromatic N) is 5. The summed E-state index contributed by atoms with van der Waals surface area (Å²) in [7, 11) is 1.77. The lowest BCUT2D eigenvalue weighted by atomic mass is 10.1. The molecule has 11 heteroatoms. The summed E-state index contributed by atoms with van der Waals surface area (Å²) < 4.78 is 23.4. The number of aliphatic hydroxyl groups is 1. The van der Waals surface area contributed by atoms with Gasteiger partial charge < -0.3 is 25.0 Å². The lowest BCUT2D eigenvalue weighted by molar-refractivity contribution is 0.0888. The third-order valence-electron chi connectivity index (χ3n) is 6.96. The van der Waals surface area contributed by atoms with E-state index < -0.39 is 24.2 Å². The van der Waals surface area contributed by atoms with Gasteiger partial charge in [0.25, 0.3) is 5.91 Å². The molecule has 5 heterocycles. The molecule has 3 N–H and O–H groups in total. The van der Waals surface area contributed by atoms with Crippen LogP contribution in [0.5, 0.6) is 0 Å². The molecule has 4 aromatic heterocycles. The molecule has 0 spiro atoms. The van der Waals surface area contributed by atoms with Crippen LogP contribution < -0.4 is 10.6 Å². The normalized spacial score (nSPS) is 24.4. The Morgan fingerprint density at radius 3 is 2.91 bits per heavy atom. The third-order valence-corrected chi connectivity index (χ3v) is 6.96. The number of fused-ring (bicyclic) bond motifs is 2. The molecule has 1 aliphatic carbocycles. The van der Waals surface area contributed by atoms with Crippen LogP contribution in [-0.4, -0.2) is 73.7 Å². The summed E-state index contributed by atoms with van der Waals surface area (Å²) in [5.41, 5.74) is 2.78. The Bertz CT molecular complexity index is 1420. The molecule has 6 rings (SSSR count). The number of hydrogen-bond acceptors (Lipinski definition) is 7. The standard InChI is InChI=1S/C24H26FN7O3/c1-26-21-8-17(15-10-31(19-6-2-5-16(19)25)22-13(15)4-3-7-27-22)29-23-14(9-28-32(21)23)24(34)30-18-11-35-12-20(18)33/h3-4,7-10,16,18-20,26,33H,2,5-6,11-12H2,1H3,(H,30,34)/t16-,18+,19+,20-/m1/s1. The van der Waals surface area contributed by atoms with Gasteiger partial charge in [-0.3, -0.25) is 4.79 Å². The Morgan fingerprint density at radius 2 is 2.17 bits per heavy atom. The molecule has 2 fully saturated rings. The Labute approximate surface area is 200 Å². The smallest absolute Gasteiger partial charge is 0.257 e. The minimum atomic E-state index is -0.913. The Kier molecular flexibility index (Phi) is 5.37. The first-order valence-corrected chi connectivity index (χ1v) is 11.8. The highest BCUT2D eigenvalue weighted by molar-refractivity contribution is 6.01. The van der Waals surface area contributed by atoms with Crippen LogP contribution in [0.1, 0.15) is 35.7 Å². The molecule has 1 aliphatic heterocycles. The van der Waals surface area contributed by atoms with Crippen LogP contribution in [0.3, 0.4) is 0 Å². The molecular formula is C24H26FN7O3. The largest absolute Gasteiger partial charge is 0.388 e. The summed E-state index contributed by atoms with van der Waals surface area (Å²) in [4.78, 5) is 22.4. The fourth-order valence-electron chi connectivity index (χ4n) is 5.11. The predicted octanol–water partition coefficient (Wildman–Crippen LogP) is 2.34. The van der Waals surface area contributed by atoms with E-state index in [0.29, 0.717) is 29.2 Å². The maximum atomic E-state index is 14.7. The number of halogens is 1. The minimum Gasteiger partial charge on any atom is -0.388 e. The highest BCUT2D eigenvalue weighted by atomic mass is 19.1. The number of anilines is 1. The van der Waals surface area contributed by atoms with E-state index in [0.717, 1.165) is 23.8 Å². The number of carbonyl (C=O) groups excluding carboxylic acids is 1. The number of alkyl halides is 1. The van der Waals surface area contributed by atoms with Gasteiger partial charge >= 0.3 is 0 Å². The molecule has 35 heavy (non-hydrogen) atoms.